The first-order chi connectivity index (χ1) is 11.8. The van der Waals surface area contributed by atoms with Crippen molar-refractivity contribution in [2.45, 2.75) is 25.5 Å². The Morgan fingerprint density at radius 2 is 2.12 bits per heavy atom. The van der Waals surface area contributed by atoms with Crippen LogP contribution in [0, 0.1) is 0 Å². The SMILES string of the molecule is CCNC(=NCC(C)(O)c1cnn(C)c1)NCC1CN(C)CCN1C. The zero-order valence-corrected chi connectivity index (χ0v) is 16.2. The van der Waals surface area contributed by atoms with Gasteiger partial charge in [0.2, 0.25) is 0 Å². The zero-order chi connectivity index (χ0) is 18.4. The summed E-state index contributed by atoms with van der Waals surface area (Å²) in [4.78, 5) is 9.30. The Labute approximate surface area is 150 Å². The molecule has 1 saturated heterocycles. The van der Waals surface area contributed by atoms with E-state index in [2.05, 4.69) is 44.6 Å². The van der Waals surface area contributed by atoms with Crippen molar-refractivity contribution in [3.63, 3.8) is 0 Å². The van der Waals surface area contributed by atoms with Gasteiger partial charge in [-0.25, -0.2) is 4.99 Å². The molecular formula is C17H33N7O. The number of nitrogens with zero attached hydrogens (tertiary/aromatic N) is 5. The minimum Gasteiger partial charge on any atom is -0.383 e. The Balaban J connectivity index is 1.95. The molecule has 2 heterocycles. The number of aliphatic imine (C=N–C) groups is 1. The maximum Gasteiger partial charge on any atom is 0.191 e. The standard InChI is InChI=1S/C17H33N7O/c1-6-18-16(19-10-15-12-22(3)7-8-23(15)4)20-13-17(2,25)14-9-21-24(5)11-14/h9,11,15,25H,6-8,10,12-13H2,1-5H3,(H2,18,19,20). The first-order valence-electron chi connectivity index (χ1n) is 8.94. The number of likely N-dealkylation sites (N-methyl/N-ethyl adjacent to an activating group) is 2. The number of guanidine groups is 1. The van der Waals surface area contributed by atoms with Gasteiger partial charge in [-0.1, -0.05) is 0 Å². The van der Waals surface area contributed by atoms with E-state index in [9.17, 15) is 5.11 Å². The summed E-state index contributed by atoms with van der Waals surface area (Å²) >= 11 is 0. The van der Waals surface area contributed by atoms with E-state index in [1.807, 2.05) is 20.2 Å². The van der Waals surface area contributed by atoms with E-state index in [0.717, 1.165) is 44.2 Å². The van der Waals surface area contributed by atoms with E-state index >= 15 is 0 Å². The topological polar surface area (TPSA) is 80.9 Å². The number of rotatable bonds is 6. The molecule has 0 saturated carbocycles. The van der Waals surface area contributed by atoms with Crippen LogP contribution in [0.15, 0.2) is 17.4 Å². The summed E-state index contributed by atoms with van der Waals surface area (Å²) in [6, 6.07) is 0.446. The molecule has 2 unspecified atom stereocenters. The van der Waals surface area contributed by atoms with Gasteiger partial charge in [-0.3, -0.25) is 9.58 Å². The molecule has 0 bridgehead atoms. The fourth-order valence-corrected chi connectivity index (χ4v) is 2.90. The van der Waals surface area contributed by atoms with Crippen LogP contribution >= 0.6 is 0 Å². The van der Waals surface area contributed by atoms with E-state index in [4.69, 9.17) is 0 Å². The monoisotopic (exact) mass is 351 g/mol. The molecule has 3 N–H and O–H groups in total. The van der Waals surface area contributed by atoms with Gasteiger partial charge in [-0.05, 0) is 27.9 Å². The number of hydrogen-bond acceptors (Lipinski definition) is 5. The fourth-order valence-electron chi connectivity index (χ4n) is 2.90. The van der Waals surface area contributed by atoms with Crippen molar-refractivity contribution in [1.29, 1.82) is 0 Å². The van der Waals surface area contributed by atoms with Crippen LogP contribution in [-0.4, -0.2) is 90.1 Å². The highest BCUT2D eigenvalue weighted by molar-refractivity contribution is 5.79. The van der Waals surface area contributed by atoms with E-state index in [-0.39, 0.29) is 6.54 Å². The van der Waals surface area contributed by atoms with Crippen molar-refractivity contribution in [2.24, 2.45) is 12.0 Å². The summed E-state index contributed by atoms with van der Waals surface area (Å²) in [5, 5.41) is 21.5. The van der Waals surface area contributed by atoms with Gasteiger partial charge >= 0.3 is 0 Å². The number of aromatic nitrogens is 2. The quantitative estimate of drug-likeness (QED) is 0.470. The first kappa shape index (κ1) is 19.7. The van der Waals surface area contributed by atoms with Crippen LogP contribution in [0.2, 0.25) is 0 Å². The van der Waals surface area contributed by atoms with Crippen LogP contribution in [0.25, 0.3) is 0 Å². The van der Waals surface area contributed by atoms with E-state index < -0.39 is 5.60 Å². The molecule has 1 aromatic heterocycles. The molecular weight excluding hydrogens is 318 g/mol. The lowest BCUT2D eigenvalue weighted by molar-refractivity contribution is 0.0671. The van der Waals surface area contributed by atoms with Crippen molar-refractivity contribution in [1.82, 2.24) is 30.2 Å². The van der Waals surface area contributed by atoms with Crippen molar-refractivity contribution < 1.29 is 5.11 Å². The molecule has 0 spiro atoms. The highest BCUT2D eigenvalue weighted by Crippen LogP contribution is 2.19. The molecule has 1 aliphatic rings. The van der Waals surface area contributed by atoms with E-state index in [0.29, 0.717) is 6.04 Å². The Bertz CT molecular complexity index is 569. The summed E-state index contributed by atoms with van der Waals surface area (Å²) in [6.07, 6.45) is 3.51. The van der Waals surface area contributed by atoms with E-state index in [1.165, 1.54) is 0 Å². The molecule has 2 rings (SSSR count). The molecule has 142 valence electrons. The predicted octanol–water partition coefficient (Wildman–Crippen LogP) is -0.571. The molecule has 0 aromatic carbocycles. The summed E-state index contributed by atoms with van der Waals surface area (Å²) < 4.78 is 1.69. The molecule has 25 heavy (non-hydrogen) atoms. The lowest BCUT2D eigenvalue weighted by Gasteiger charge is -2.38. The van der Waals surface area contributed by atoms with Crippen molar-refractivity contribution in [3.05, 3.63) is 18.0 Å². The highest BCUT2D eigenvalue weighted by atomic mass is 16.3. The third kappa shape index (κ3) is 5.69. The van der Waals surface area contributed by atoms with Crippen molar-refractivity contribution >= 4 is 5.96 Å². The second kappa shape index (κ2) is 8.64. The lowest BCUT2D eigenvalue weighted by Crippen LogP contribution is -2.55. The molecule has 8 nitrogen and oxygen atoms in total. The predicted molar refractivity (Wildman–Crippen MR) is 101 cm³/mol. The molecule has 1 aromatic rings. The zero-order valence-electron chi connectivity index (χ0n) is 16.2. The van der Waals surface area contributed by atoms with Gasteiger partial charge in [-0.15, -0.1) is 0 Å². The maximum atomic E-state index is 10.7. The molecule has 0 aliphatic carbocycles. The number of hydrogen-bond donors (Lipinski definition) is 3. The largest absolute Gasteiger partial charge is 0.383 e. The lowest BCUT2D eigenvalue weighted by atomic mass is 10.0. The van der Waals surface area contributed by atoms with E-state index in [1.54, 1.807) is 17.8 Å². The molecule has 8 heteroatoms. The molecule has 1 fully saturated rings. The van der Waals surface area contributed by atoms with Gasteiger partial charge in [0.25, 0.3) is 0 Å². The number of aryl methyl sites for hydroxylation is 1. The summed E-state index contributed by atoms with van der Waals surface area (Å²) in [5.41, 5.74) is -0.276. The van der Waals surface area contributed by atoms with Crippen LogP contribution in [0.1, 0.15) is 19.4 Å². The molecule has 0 radical (unpaired) electrons. The maximum absolute atomic E-state index is 10.7. The molecule has 0 amide bonds. The number of nitrogens with one attached hydrogen (secondary N) is 2. The van der Waals surface area contributed by atoms with Crippen LogP contribution in [0.3, 0.4) is 0 Å². The summed E-state index contributed by atoms with van der Waals surface area (Å²) in [7, 11) is 6.16. The second-order valence-electron chi connectivity index (χ2n) is 7.15. The number of piperazine rings is 1. The smallest absolute Gasteiger partial charge is 0.191 e. The Kier molecular flexibility index (Phi) is 6.80. The highest BCUT2D eigenvalue weighted by Gasteiger charge is 2.25. The fraction of sp³-hybridized carbons (Fsp3) is 0.765. The first-order valence-corrected chi connectivity index (χ1v) is 8.94. The van der Waals surface area contributed by atoms with Gasteiger partial charge in [-0.2, -0.15) is 5.10 Å². The summed E-state index contributed by atoms with van der Waals surface area (Å²) in [6.45, 7) is 8.90. The summed E-state index contributed by atoms with van der Waals surface area (Å²) in [5.74, 6) is 0.730. The van der Waals surface area contributed by atoms with Crippen LogP contribution in [0.4, 0.5) is 0 Å². The Hall–Kier alpha value is -1.64. The van der Waals surface area contributed by atoms with Gasteiger partial charge in [0, 0.05) is 57.6 Å². The third-order valence-corrected chi connectivity index (χ3v) is 4.70. The second-order valence-corrected chi connectivity index (χ2v) is 7.15. The minimum absolute atomic E-state index is 0.272. The average Bonchev–Trinajstić information content (AvgIpc) is 3.00. The minimum atomic E-state index is -1.04. The van der Waals surface area contributed by atoms with Gasteiger partial charge in [0.05, 0.1) is 12.7 Å². The van der Waals surface area contributed by atoms with Crippen LogP contribution < -0.4 is 10.6 Å². The van der Waals surface area contributed by atoms with Crippen LogP contribution in [-0.2, 0) is 12.6 Å². The Morgan fingerprint density at radius 1 is 1.36 bits per heavy atom. The molecule has 1 aliphatic heterocycles. The van der Waals surface area contributed by atoms with Gasteiger partial charge in [0.1, 0.15) is 5.60 Å². The normalized spacial score (nSPS) is 22.6. The van der Waals surface area contributed by atoms with Gasteiger partial charge in [0.15, 0.2) is 5.96 Å². The third-order valence-electron chi connectivity index (χ3n) is 4.70. The number of aliphatic hydroxyl groups is 1. The van der Waals surface area contributed by atoms with Crippen LogP contribution in [0.5, 0.6) is 0 Å². The molecule has 2 atom stereocenters. The van der Waals surface area contributed by atoms with Crippen molar-refractivity contribution in [3.8, 4) is 0 Å². The van der Waals surface area contributed by atoms with Gasteiger partial charge < -0.3 is 20.6 Å². The van der Waals surface area contributed by atoms with Crippen molar-refractivity contribution in [2.75, 3.05) is 53.4 Å². The Morgan fingerprint density at radius 3 is 2.76 bits per heavy atom. The average molecular weight is 351 g/mol.